The van der Waals surface area contributed by atoms with Gasteiger partial charge >= 0.3 is 6.36 Å². The topological polar surface area (TPSA) is 92.2 Å². The molecule has 0 amide bonds. The van der Waals surface area contributed by atoms with E-state index in [1.54, 1.807) is 23.5 Å². The van der Waals surface area contributed by atoms with Gasteiger partial charge in [-0.15, -0.1) is 24.5 Å². The third-order valence-electron chi connectivity index (χ3n) is 4.25. The molecular weight excluding hydrogens is 443 g/mol. The zero-order chi connectivity index (χ0) is 22.7. The van der Waals surface area contributed by atoms with Gasteiger partial charge in [0.15, 0.2) is 0 Å². The van der Waals surface area contributed by atoms with Gasteiger partial charge in [-0.2, -0.15) is 4.98 Å². The van der Waals surface area contributed by atoms with E-state index in [2.05, 4.69) is 30.3 Å². The van der Waals surface area contributed by atoms with Crippen molar-refractivity contribution in [2.24, 2.45) is 0 Å². The van der Waals surface area contributed by atoms with Crippen LogP contribution in [-0.2, 0) is 0 Å². The van der Waals surface area contributed by atoms with Crippen molar-refractivity contribution in [3.8, 4) is 17.0 Å². The zero-order valence-electron chi connectivity index (χ0n) is 16.8. The standard InChI is InChI=1S/C21H18F3N5O2S/c1-12-26-17-10-14(5-6-18(17)32-12)27-19-11-16(28-20(29-19)25-7-8-30)13-3-2-4-15(9-13)31-21(22,23)24/h2-6,9-11,30H,7-8H2,1H3,(H2,25,27,28,29). The molecule has 11 heteroatoms. The molecule has 0 atom stereocenters. The average molecular weight is 461 g/mol. The van der Waals surface area contributed by atoms with Crippen LogP contribution >= 0.6 is 11.3 Å². The summed E-state index contributed by atoms with van der Waals surface area (Å²) in [4.78, 5) is 13.2. The second-order valence-corrected chi connectivity index (χ2v) is 7.96. The Bertz CT molecular complexity index is 1250. The third kappa shape index (κ3) is 5.42. The van der Waals surface area contributed by atoms with E-state index in [-0.39, 0.29) is 24.8 Å². The summed E-state index contributed by atoms with van der Waals surface area (Å²) in [5.74, 6) is 0.285. The lowest BCUT2D eigenvalue weighted by atomic mass is 10.1. The highest BCUT2D eigenvalue weighted by molar-refractivity contribution is 7.18. The molecule has 0 unspecified atom stereocenters. The van der Waals surface area contributed by atoms with Crippen LogP contribution in [0.3, 0.4) is 0 Å². The monoisotopic (exact) mass is 461 g/mol. The quantitative estimate of drug-likeness (QED) is 0.352. The largest absolute Gasteiger partial charge is 0.573 e. The number of halogens is 3. The molecule has 0 saturated heterocycles. The zero-order valence-corrected chi connectivity index (χ0v) is 17.6. The molecule has 4 aromatic rings. The van der Waals surface area contributed by atoms with Crippen LogP contribution in [-0.4, -0.2) is 39.6 Å². The fourth-order valence-corrected chi connectivity index (χ4v) is 3.83. The van der Waals surface area contributed by atoms with Crippen molar-refractivity contribution in [3.63, 3.8) is 0 Å². The lowest BCUT2D eigenvalue weighted by Gasteiger charge is -2.13. The predicted octanol–water partition coefficient (Wildman–Crippen LogP) is 5.11. The number of aromatic nitrogens is 3. The van der Waals surface area contributed by atoms with Crippen molar-refractivity contribution in [1.82, 2.24) is 15.0 Å². The van der Waals surface area contributed by atoms with Gasteiger partial charge in [-0.1, -0.05) is 12.1 Å². The van der Waals surface area contributed by atoms with E-state index in [1.165, 1.54) is 18.2 Å². The molecule has 0 bridgehead atoms. The molecular formula is C21H18F3N5O2S. The van der Waals surface area contributed by atoms with Crippen LogP contribution in [0.2, 0.25) is 0 Å². The average Bonchev–Trinajstić information content (AvgIpc) is 3.10. The van der Waals surface area contributed by atoms with Crippen LogP contribution < -0.4 is 15.4 Å². The first-order valence-electron chi connectivity index (χ1n) is 9.53. The Balaban J connectivity index is 1.68. The first kappa shape index (κ1) is 21.8. The first-order valence-corrected chi connectivity index (χ1v) is 10.3. The second kappa shape index (κ2) is 8.97. The molecule has 0 radical (unpaired) electrons. The Hall–Kier alpha value is -3.44. The number of aryl methyl sites for hydroxylation is 1. The Morgan fingerprint density at radius 2 is 1.91 bits per heavy atom. The summed E-state index contributed by atoms with van der Waals surface area (Å²) in [7, 11) is 0. The Morgan fingerprint density at radius 3 is 2.69 bits per heavy atom. The van der Waals surface area contributed by atoms with Gasteiger partial charge in [0.25, 0.3) is 0 Å². The van der Waals surface area contributed by atoms with Crippen LogP contribution in [0, 0.1) is 6.92 Å². The molecule has 3 N–H and O–H groups in total. The summed E-state index contributed by atoms with van der Waals surface area (Å²) in [5.41, 5.74) is 2.38. The van der Waals surface area contributed by atoms with Crippen LogP contribution in [0.15, 0.2) is 48.5 Å². The third-order valence-corrected chi connectivity index (χ3v) is 5.20. The number of alkyl halides is 3. The van der Waals surface area contributed by atoms with Gasteiger partial charge in [-0.25, -0.2) is 9.97 Å². The van der Waals surface area contributed by atoms with Gasteiger partial charge in [-0.05, 0) is 37.3 Å². The number of hydrogen-bond donors (Lipinski definition) is 3. The van der Waals surface area contributed by atoms with E-state index in [9.17, 15) is 13.2 Å². The maximum Gasteiger partial charge on any atom is 0.573 e. The molecule has 4 rings (SSSR count). The van der Waals surface area contributed by atoms with Crippen LogP contribution in [0.1, 0.15) is 5.01 Å². The summed E-state index contributed by atoms with van der Waals surface area (Å²) < 4.78 is 42.9. The SMILES string of the molecule is Cc1nc2cc(Nc3cc(-c4cccc(OC(F)(F)F)c4)nc(NCCO)n3)ccc2s1. The highest BCUT2D eigenvalue weighted by atomic mass is 32.1. The minimum Gasteiger partial charge on any atom is -0.406 e. The number of aliphatic hydroxyl groups excluding tert-OH is 1. The van der Waals surface area contributed by atoms with Crippen molar-refractivity contribution in [2.75, 3.05) is 23.8 Å². The minimum atomic E-state index is -4.79. The highest BCUT2D eigenvalue weighted by Crippen LogP contribution is 2.30. The van der Waals surface area contributed by atoms with Gasteiger partial charge in [0, 0.05) is 23.9 Å². The van der Waals surface area contributed by atoms with E-state index in [1.807, 2.05) is 25.1 Å². The maximum absolute atomic E-state index is 12.6. The second-order valence-electron chi connectivity index (χ2n) is 6.73. The van der Waals surface area contributed by atoms with E-state index >= 15 is 0 Å². The Kier molecular flexibility index (Phi) is 6.10. The van der Waals surface area contributed by atoms with Crippen molar-refractivity contribution in [2.45, 2.75) is 13.3 Å². The molecule has 2 aromatic carbocycles. The number of benzene rings is 2. The molecule has 2 heterocycles. The number of nitrogens with one attached hydrogen (secondary N) is 2. The number of rotatable bonds is 7. The predicted molar refractivity (Wildman–Crippen MR) is 117 cm³/mol. The van der Waals surface area contributed by atoms with Crippen LogP contribution in [0.5, 0.6) is 5.75 Å². The van der Waals surface area contributed by atoms with E-state index in [0.29, 0.717) is 17.1 Å². The highest BCUT2D eigenvalue weighted by Gasteiger charge is 2.31. The molecule has 7 nitrogen and oxygen atoms in total. The molecule has 2 aromatic heterocycles. The lowest BCUT2D eigenvalue weighted by molar-refractivity contribution is -0.274. The summed E-state index contributed by atoms with van der Waals surface area (Å²) in [5, 5.41) is 16.1. The summed E-state index contributed by atoms with van der Waals surface area (Å²) in [6.07, 6.45) is -4.79. The van der Waals surface area contributed by atoms with E-state index in [4.69, 9.17) is 5.11 Å². The fourth-order valence-electron chi connectivity index (χ4n) is 3.03. The smallest absolute Gasteiger partial charge is 0.406 e. The lowest BCUT2D eigenvalue weighted by Crippen LogP contribution is -2.17. The van der Waals surface area contributed by atoms with Gasteiger partial charge in [0.05, 0.1) is 27.5 Å². The van der Waals surface area contributed by atoms with Crippen molar-refractivity contribution in [3.05, 3.63) is 53.5 Å². The number of fused-ring (bicyclic) bond motifs is 1. The number of thiazole rings is 1. The molecule has 0 spiro atoms. The maximum atomic E-state index is 12.6. The molecule has 0 fully saturated rings. The molecule has 0 aliphatic carbocycles. The van der Waals surface area contributed by atoms with Gasteiger partial charge in [0.1, 0.15) is 11.6 Å². The Labute approximate surface area is 184 Å². The number of aliphatic hydroxyl groups is 1. The summed E-state index contributed by atoms with van der Waals surface area (Å²) in [6, 6.07) is 12.9. The Morgan fingerprint density at radius 1 is 1.06 bits per heavy atom. The molecule has 166 valence electrons. The van der Waals surface area contributed by atoms with Crippen LogP contribution in [0.4, 0.5) is 30.6 Å². The van der Waals surface area contributed by atoms with Crippen molar-refractivity contribution in [1.29, 1.82) is 0 Å². The molecule has 0 aliphatic rings. The van der Waals surface area contributed by atoms with Gasteiger partial charge in [-0.3, -0.25) is 0 Å². The summed E-state index contributed by atoms with van der Waals surface area (Å²) in [6.45, 7) is 2.01. The molecule has 32 heavy (non-hydrogen) atoms. The number of anilines is 3. The minimum absolute atomic E-state index is 0.134. The van der Waals surface area contributed by atoms with Crippen LogP contribution in [0.25, 0.3) is 21.5 Å². The normalized spacial score (nSPS) is 11.5. The summed E-state index contributed by atoms with van der Waals surface area (Å²) >= 11 is 1.59. The number of nitrogens with zero attached hydrogens (tertiary/aromatic N) is 3. The first-order chi connectivity index (χ1) is 15.3. The molecule has 0 aliphatic heterocycles. The van der Waals surface area contributed by atoms with Crippen molar-refractivity contribution < 1.29 is 23.0 Å². The van der Waals surface area contributed by atoms with Gasteiger partial charge in [0.2, 0.25) is 5.95 Å². The fraction of sp³-hybridized carbons (Fsp3) is 0.190. The molecule has 0 saturated carbocycles. The number of ether oxygens (including phenoxy) is 1. The number of hydrogen-bond acceptors (Lipinski definition) is 8. The van der Waals surface area contributed by atoms with Crippen molar-refractivity contribution >= 4 is 39.0 Å². The van der Waals surface area contributed by atoms with E-state index in [0.717, 1.165) is 20.9 Å². The van der Waals surface area contributed by atoms with E-state index < -0.39 is 6.36 Å². The van der Waals surface area contributed by atoms with Gasteiger partial charge < -0.3 is 20.5 Å².